The van der Waals surface area contributed by atoms with E-state index >= 15 is 0 Å². The summed E-state index contributed by atoms with van der Waals surface area (Å²) in [5, 5.41) is 0. The first-order valence-electron chi connectivity index (χ1n) is 10.1. The molecule has 2 aliphatic heterocycles. The molecule has 0 N–H and O–H groups in total. The van der Waals surface area contributed by atoms with Crippen LogP contribution in [0.4, 0.5) is 0 Å². The first-order valence-corrected chi connectivity index (χ1v) is 10.7. The lowest BCUT2D eigenvalue weighted by Crippen LogP contribution is -2.70. The van der Waals surface area contributed by atoms with E-state index in [0.29, 0.717) is 12.8 Å². The maximum Gasteiger partial charge on any atom is 0.342 e. The second kappa shape index (κ2) is 6.33. The summed E-state index contributed by atoms with van der Waals surface area (Å²) < 4.78 is 17.9. The molecule has 28 heavy (non-hydrogen) atoms. The third kappa shape index (κ3) is 2.12. The predicted molar refractivity (Wildman–Crippen MR) is 104 cm³/mol. The monoisotopic (exact) mass is 408 g/mol. The number of rotatable bonds is 4. The Morgan fingerprint density at radius 3 is 2.75 bits per heavy atom. The van der Waals surface area contributed by atoms with Crippen LogP contribution in [0.25, 0.3) is 0 Å². The van der Waals surface area contributed by atoms with Crippen molar-refractivity contribution < 1.29 is 23.8 Å². The van der Waals surface area contributed by atoms with E-state index in [4.69, 9.17) is 25.8 Å². The van der Waals surface area contributed by atoms with Crippen LogP contribution in [0.5, 0.6) is 0 Å². The van der Waals surface area contributed by atoms with Gasteiger partial charge < -0.3 is 14.2 Å². The highest BCUT2D eigenvalue weighted by Gasteiger charge is 2.83. The zero-order chi connectivity index (χ0) is 20.5. The third-order valence-electron chi connectivity index (χ3n) is 8.61. The summed E-state index contributed by atoms with van der Waals surface area (Å²) in [6, 6.07) is 0. The van der Waals surface area contributed by atoms with Crippen molar-refractivity contribution in [3.63, 3.8) is 0 Å². The summed E-state index contributed by atoms with van der Waals surface area (Å²) in [5.41, 5.74) is -1.29. The number of allylic oxidation sites excluding steroid dienone is 2. The number of hydrogen-bond donors (Lipinski definition) is 0. The Morgan fingerprint density at radius 1 is 1.43 bits per heavy atom. The summed E-state index contributed by atoms with van der Waals surface area (Å²) in [6.07, 6.45) is 3.80. The zero-order valence-corrected chi connectivity index (χ0v) is 17.6. The van der Waals surface area contributed by atoms with Crippen LogP contribution in [0.15, 0.2) is 24.8 Å². The summed E-state index contributed by atoms with van der Waals surface area (Å²) in [5.74, 6) is -0.753. The maximum absolute atomic E-state index is 13.3. The molecule has 2 aliphatic carbocycles. The predicted octanol–water partition coefficient (Wildman–Crippen LogP) is 4.00. The molecule has 2 saturated carbocycles. The molecule has 0 unspecified atom stereocenters. The summed E-state index contributed by atoms with van der Waals surface area (Å²) in [4.78, 5) is 25.6. The van der Waals surface area contributed by atoms with Crippen LogP contribution >= 0.6 is 11.6 Å². The fourth-order valence-electron chi connectivity index (χ4n) is 6.93. The lowest BCUT2D eigenvalue weighted by Gasteiger charge is -2.60. The molecular weight excluding hydrogens is 380 g/mol. The van der Waals surface area contributed by atoms with Gasteiger partial charge in [-0.05, 0) is 37.0 Å². The highest BCUT2D eigenvalue weighted by molar-refractivity contribution is 6.26. The standard InChI is InChI=1S/C22H29ClO5/c1-6-12(2)15-9-16(26-17(24)11-23)20(5)13(3)7-8-21(14(15)4)10-18-27-19(25)22(20,21)28-18/h6,13-16,18H,1-2,7-11H2,3-5H3/t13-,14+,15+,16-,18+,20+,21+,22-/m1/s1. The second-order valence-electron chi connectivity index (χ2n) is 9.24. The Morgan fingerprint density at radius 2 is 2.14 bits per heavy atom. The van der Waals surface area contributed by atoms with Gasteiger partial charge in [0, 0.05) is 17.3 Å². The first kappa shape index (κ1) is 20.0. The lowest BCUT2D eigenvalue weighted by molar-refractivity contribution is -0.226. The highest BCUT2D eigenvalue weighted by atomic mass is 35.5. The molecule has 4 bridgehead atoms. The molecule has 4 fully saturated rings. The highest BCUT2D eigenvalue weighted by Crippen LogP contribution is 2.74. The van der Waals surface area contributed by atoms with E-state index in [0.717, 1.165) is 18.4 Å². The maximum atomic E-state index is 13.3. The van der Waals surface area contributed by atoms with E-state index in [-0.39, 0.29) is 35.0 Å². The molecule has 6 heteroatoms. The van der Waals surface area contributed by atoms with Crippen LogP contribution in [0, 0.1) is 28.6 Å². The van der Waals surface area contributed by atoms with E-state index in [1.165, 1.54) is 0 Å². The van der Waals surface area contributed by atoms with Gasteiger partial charge in [0.05, 0.1) is 0 Å². The Kier molecular flexibility index (Phi) is 4.51. The van der Waals surface area contributed by atoms with Gasteiger partial charge in [0.15, 0.2) is 5.60 Å². The zero-order valence-electron chi connectivity index (χ0n) is 16.8. The quantitative estimate of drug-likeness (QED) is 0.399. The van der Waals surface area contributed by atoms with E-state index in [9.17, 15) is 9.59 Å². The van der Waals surface area contributed by atoms with Gasteiger partial charge in [0.25, 0.3) is 0 Å². The fraction of sp³-hybridized carbons (Fsp3) is 0.727. The van der Waals surface area contributed by atoms with Crippen molar-refractivity contribution in [3.05, 3.63) is 24.8 Å². The Bertz CT molecular complexity index is 749. The van der Waals surface area contributed by atoms with Crippen LogP contribution in [0.1, 0.15) is 46.5 Å². The second-order valence-corrected chi connectivity index (χ2v) is 9.51. The minimum absolute atomic E-state index is 0.0328. The van der Waals surface area contributed by atoms with Gasteiger partial charge in [0.2, 0.25) is 6.29 Å². The number of hydrogen-bond acceptors (Lipinski definition) is 5. The number of fused-ring (bicyclic) bond motifs is 1. The van der Waals surface area contributed by atoms with E-state index in [1.807, 2.05) is 6.92 Å². The number of esters is 2. The normalized spacial score (nSPS) is 49.0. The van der Waals surface area contributed by atoms with Crippen molar-refractivity contribution in [1.29, 1.82) is 0 Å². The molecule has 0 aromatic heterocycles. The Labute approximate surface area is 171 Å². The van der Waals surface area contributed by atoms with E-state index in [2.05, 4.69) is 27.0 Å². The van der Waals surface area contributed by atoms with Crippen LogP contribution < -0.4 is 0 Å². The lowest BCUT2D eigenvalue weighted by atomic mass is 9.45. The molecule has 2 heterocycles. The van der Waals surface area contributed by atoms with Gasteiger partial charge >= 0.3 is 11.9 Å². The topological polar surface area (TPSA) is 61.8 Å². The molecule has 4 rings (SSSR count). The number of carbonyl (C=O) groups excluding carboxylic acids is 2. The molecule has 5 nitrogen and oxygen atoms in total. The minimum Gasteiger partial charge on any atom is -0.461 e. The van der Waals surface area contributed by atoms with Gasteiger partial charge in [-0.2, -0.15) is 0 Å². The number of carbonyl (C=O) groups is 2. The average Bonchev–Trinajstić information content (AvgIpc) is 3.18. The van der Waals surface area contributed by atoms with Crippen LogP contribution in [-0.2, 0) is 23.8 Å². The molecule has 8 atom stereocenters. The van der Waals surface area contributed by atoms with Gasteiger partial charge in [0.1, 0.15) is 12.0 Å². The number of halogens is 1. The first-order chi connectivity index (χ1) is 13.2. The molecule has 4 aliphatic rings. The molecule has 154 valence electrons. The molecular formula is C22H29ClO5. The Hall–Kier alpha value is -1.33. The number of ether oxygens (including phenoxy) is 3. The van der Waals surface area contributed by atoms with Gasteiger partial charge in [-0.25, -0.2) is 4.79 Å². The minimum atomic E-state index is -1.12. The van der Waals surface area contributed by atoms with Crippen molar-refractivity contribution in [1.82, 2.24) is 0 Å². The molecule has 0 aromatic carbocycles. The van der Waals surface area contributed by atoms with Gasteiger partial charge in [-0.3, -0.25) is 4.79 Å². The number of alkyl halides is 1. The Balaban J connectivity index is 1.95. The summed E-state index contributed by atoms with van der Waals surface area (Å²) in [7, 11) is 0. The fourth-order valence-corrected chi connectivity index (χ4v) is 6.99. The molecule has 0 aromatic rings. The van der Waals surface area contributed by atoms with Crippen LogP contribution in [-0.4, -0.2) is 35.8 Å². The molecule has 2 saturated heterocycles. The van der Waals surface area contributed by atoms with Crippen LogP contribution in [0.2, 0.25) is 0 Å². The van der Waals surface area contributed by atoms with E-state index in [1.54, 1.807) is 6.08 Å². The SMILES string of the molecule is C=CC(=C)[C@@H]1C[C@@H](OC(=O)CCl)[C@]2(C)[C@H](C)CC[C@]3(C[C@H]4OC(=O)[C@]32O4)[C@H]1C. The van der Waals surface area contributed by atoms with Gasteiger partial charge in [-0.15, -0.1) is 11.6 Å². The molecule has 1 spiro atoms. The van der Waals surface area contributed by atoms with Crippen LogP contribution in [0.3, 0.4) is 0 Å². The average molecular weight is 409 g/mol. The summed E-state index contributed by atoms with van der Waals surface area (Å²) in [6.45, 7) is 14.5. The largest absolute Gasteiger partial charge is 0.461 e. The third-order valence-corrected chi connectivity index (χ3v) is 8.82. The smallest absolute Gasteiger partial charge is 0.342 e. The summed E-state index contributed by atoms with van der Waals surface area (Å²) >= 11 is 5.77. The van der Waals surface area contributed by atoms with Gasteiger partial charge in [-0.1, -0.05) is 45.6 Å². The van der Waals surface area contributed by atoms with E-state index < -0.39 is 29.4 Å². The van der Waals surface area contributed by atoms with Crippen molar-refractivity contribution in [2.24, 2.45) is 28.6 Å². The molecule has 0 radical (unpaired) electrons. The van der Waals surface area contributed by atoms with Crippen molar-refractivity contribution in [3.8, 4) is 0 Å². The van der Waals surface area contributed by atoms with Crippen molar-refractivity contribution in [2.75, 3.05) is 5.88 Å². The van der Waals surface area contributed by atoms with Crippen molar-refractivity contribution >= 4 is 23.5 Å². The van der Waals surface area contributed by atoms with Crippen molar-refractivity contribution in [2.45, 2.75) is 64.4 Å². The molecule has 0 amide bonds.